The zero-order valence-corrected chi connectivity index (χ0v) is 28.4. The Labute approximate surface area is 263 Å². The van der Waals surface area contributed by atoms with Crippen molar-refractivity contribution in [3.63, 3.8) is 0 Å². The van der Waals surface area contributed by atoms with Crippen LogP contribution in [0.15, 0.2) is 12.2 Å². The summed E-state index contributed by atoms with van der Waals surface area (Å²) in [6, 6.07) is -0.720. The Hall–Kier alpha value is -1.93. The van der Waals surface area contributed by atoms with Crippen molar-refractivity contribution in [2.45, 2.75) is 154 Å². The monoisotopic (exact) mass is 611 g/mol. The van der Waals surface area contributed by atoms with Gasteiger partial charge in [-0.2, -0.15) is 0 Å². The molecule has 8 nitrogen and oxygen atoms in total. The first kappa shape index (κ1) is 41.1. The molecule has 0 aromatic heterocycles. The van der Waals surface area contributed by atoms with Crippen LogP contribution in [-0.2, 0) is 28.6 Å². The van der Waals surface area contributed by atoms with Crippen LogP contribution in [0.1, 0.15) is 142 Å². The lowest BCUT2D eigenvalue weighted by molar-refractivity contribution is -0.889. The first-order valence-electron chi connectivity index (χ1n) is 17.2. The van der Waals surface area contributed by atoms with Gasteiger partial charge in [0.25, 0.3) is 0 Å². The number of nitrogens with zero attached hydrogens (tertiary/aromatic N) is 1. The number of likely N-dealkylation sites (N-methyl/N-ethyl adjacent to an activating group) is 1. The normalized spacial score (nSPS) is 13.2. The largest absolute Gasteiger partial charge is 0.544 e. The number of unbranched alkanes of at least 4 members (excludes halogenated alkanes) is 14. The molecule has 252 valence electrons. The van der Waals surface area contributed by atoms with Gasteiger partial charge in [-0.15, -0.1) is 0 Å². The third-order valence-electron chi connectivity index (χ3n) is 7.65. The molecule has 0 rings (SSSR count). The average Bonchev–Trinajstić information content (AvgIpc) is 2.94. The molecule has 0 aliphatic carbocycles. The molecule has 0 fully saturated rings. The Morgan fingerprint density at radius 1 is 0.674 bits per heavy atom. The third-order valence-corrected chi connectivity index (χ3v) is 7.65. The second-order valence-corrected chi connectivity index (χ2v) is 12.8. The van der Waals surface area contributed by atoms with E-state index in [9.17, 15) is 19.5 Å². The quantitative estimate of drug-likeness (QED) is 0.0386. The standard InChI is InChI=1S/C35H65NO7/c1-6-8-10-12-14-15-16-17-18-20-22-24-26-34(38)43-31(29-41-28-27-32(35(39)40)36(3,4)5)30-42-33(37)25-23-21-19-13-11-9-7-2/h14-15,31-32H,6-13,16-30H2,1-5H3/b15-14-. The van der Waals surface area contributed by atoms with Gasteiger partial charge in [-0.1, -0.05) is 96.6 Å². The molecule has 0 saturated heterocycles. The van der Waals surface area contributed by atoms with Gasteiger partial charge in [-0.25, -0.2) is 0 Å². The van der Waals surface area contributed by atoms with Crippen molar-refractivity contribution < 1.29 is 38.2 Å². The molecule has 0 saturated carbocycles. The van der Waals surface area contributed by atoms with E-state index in [0.29, 0.717) is 12.8 Å². The first-order valence-corrected chi connectivity index (χ1v) is 17.2. The fraction of sp³-hybridized carbons (Fsp3) is 0.857. The van der Waals surface area contributed by atoms with Gasteiger partial charge >= 0.3 is 11.9 Å². The molecule has 0 aliphatic heterocycles. The minimum atomic E-state index is -1.13. The van der Waals surface area contributed by atoms with E-state index in [2.05, 4.69) is 26.0 Å². The van der Waals surface area contributed by atoms with Crippen LogP contribution in [0.25, 0.3) is 0 Å². The van der Waals surface area contributed by atoms with Crippen molar-refractivity contribution in [1.82, 2.24) is 0 Å². The molecule has 2 atom stereocenters. The fourth-order valence-corrected chi connectivity index (χ4v) is 4.89. The molecule has 0 aromatic carbocycles. The van der Waals surface area contributed by atoms with E-state index in [4.69, 9.17) is 14.2 Å². The first-order chi connectivity index (χ1) is 20.6. The van der Waals surface area contributed by atoms with E-state index in [1.54, 1.807) is 21.1 Å². The molecule has 2 unspecified atom stereocenters. The summed E-state index contributed by atoms with van der Waals surface area (Å²) in [6.45, 7) is 4.56. The maximum Gasteiger partial charge on any atom is 0.306 e. The topological polar surface area (TPSA) is 102 Å². The number of esters is 2. The Morgan fingerprint density at radius 2 is 1.16 bits per heavy atom. The molecule has 0 amide bonds. The van der Waals surface area contributed by atoms with E-state index < -0.39 is 18.1 Å². The van der Waals surface area contributed by atoms with Crippen molar-refractivity contribution in [2.75, 3.05) is 41.0 Å². The number of carboxylic acid groups (broad SMARTS) is 1. The number of aliphatic carboxylic acids is 1. The molecule has 8 heteroatoms. The summed E-state index contributed by atoms with van der Waals surface area (Å²) in [4.78, 5) is 36.3. The highest BCUT2D eigenvalue weighted by Crippen LogP contribution is 2.12. The SMILES string of the molecule is CCCCC/C=C\CCCCCCCC(=O)OC(COCCC(C(=O)[O-])[N+](C)(C)C)COC(=O)CCCCCCCCC. The highest BCUT2D eigenvalue weighted by molar-refractivity contribution is 5.70. The van der Waals surface area contributed by atoms with Crippen LogP contribution in [0.5, 0.6) is 0 Å². The molecule has 0 aliphatic rings. The Bertz CT molecular complexity index is 732. The van der Waals surface area contributed by atoms with Gasteiger partial charge in [0.05, 0.1) is 40.3 Å². The van der Waals surface area contributed by atoms with Crippen molar-refractivity contribution in [1.29, 1.82) is 0 Å². The van der Waals surface area contributed by atoms with Gasteiger partial charge in [0.2, 0.25) is 0 Å². The van der Waals surface area contributed by atoms with Crippen LogP contribution in [-0.4, -0.2) is 75.5 Å². The molecule has 0 aromatic rings. The summed E-state index contributed by atoms with van der Waals surface area (Å²) in [6.07, 6.45) is 23.9. The second kappa shape index (κ2) is 27.6. The summed E-state index contributed by atoms with van der Waals surface area (Å²) >= 11 is 0. The molecule has 43 heavy (non-hydrogen) atoms. The van der Waals surface area contributed by atoms with E-state index in [-0.39, 0.29) is 42.7 Å². The zero-order chi connectivity index (χ0) is 32.2. The number of rotatable bonds is 30. The fourth-order valence-electron chi connectivity index (χ4n) is 4.89. The van der Waals surface area contributed by atoms with Crippen molar-refractivity contribution >= 4 is 17.9 Å². The maximum atomic E-state index is 12.5. The predicted molar refractivity (Wildman–Crippen MR) is 171 cm³/mol. The smallest absolute Gasteiger partial charge is 0.306 e. The highest BCUT2D eigenvalue weighted by atomic mass is 16.6. The molecule has 0 N–H and O–H groups in total. The third kappa shape index (κ3) is 26.2. The summed E-state index contributed by atoms with van der Waals surface area (Å²) in [7, 11) is 5.38. The Morgan fingerprint density at radius 3 is 1.72 bits per heavy atom. The summed E-state index contributed by atoms with van der Waals surface area (Å²) in [5.41, 5.74) is 0. The molecule has 0 bridgehead atoms. The van der Waals surface area contributed by atoms with Crippen LogP contribution in [0.4, 0.5) is 0 Å². The van der Waals surface area contributed by atoms with Gasteiger partial charge in [0.1, 0.15) is 12.6 Å². The second-order valence-electron chi connectivity index (χ2n) is 12.8. The lowest BCUT2D eigenvalue weighted by atomic mass is 10.1. The van der Waals surface area contributed by atoms with E-state index in [1.807, 2.05) is 0 Å². The van der Waals surface area contributed by atoms with E-state index in [1.165, 1.54) is 57.8 Å². The lowest BCUT2D eigenvalue weighted by Crippen LogP contribution is -2.55. The van der Waals surface area contributed by atoms with Crippen molar-refractivity contribution in [3.8, 4) is 0 Å². The van der Waals surface area contributed by atoms with Crippen molar-refractivity contribution in [3.05, 3.63) is 12.2 Å². The number of hydrogen-bond acceptors (Lipinski definition) is 7. The number of hydrogen-bond donors (Lipinski definition) is 0. The molecule has 0 spiro atoms. The van der Waals surface area contributed by atoms with Gasteiger partial charge in [-0.05, 0) is 38.5 Å². The summed E-state index contributed by atoms with van der Waals surface area (Å²) < 4.78 is 17.0. The van der Waals surface area contributed by atoms with Crippen LogP contribution >= 0.6 is 0 Å². The lowest BCUT2D eigenvalue weighted by Gasteiger charge is -2.34. The van der Waals surface area contributed by atoms with Gasteiger partial charge in [-0.3, -0.25) is 9.59 Å². The Balaban J connectivity index is 4.47. The van der Waals surface area contributed by atoms with Crippen LogP contribution in [0.2, 0.25) is 0 Å². The Kier molecular flexibility index (Phi) is 26.4. The van der Waals surface area contributed by atoms with Crippen LogP contribution < -0.4 is 5.11 Å². The molecule has 0 heterocycles. The zero-order valence-electron chi connectivity index (χ0n) is 28.4. The minimum Gasteiger partial charge on any atom is -0.544 e. The van der Waals surface area contributed by atoms with E-state index >= 15 is 0 Å². The van der Waals surface area contributed by atoms with Gasteiger partial charge in [0.15, 0.2) is 6.10 Å². The number of carbonyl (C=O) groups is 3. The van der Waals surface area contributed by atoms with E-state index in [0.717, 1.165) is 51.4 Å². The van der Waals surface area contributed by atoms with Gasteiger partial charge < -0.3 is 28.6 Å². The number of ether oxygens (including phenoxy) is 3. The average molecular weight is 612 g/mol. The molecular weight excluding hydrogens is 546 g/mol. The number of quaternary nitrogens is 1. The number of carbonyl (C=O) groups excluding carboxylic acids is 3. The highest BCUT2D eigenvalue weighted by Gasteiger charge is 2.25. The maximum absolute atomic E-state index is 12.5. The van der Waals surface area contributed by atoms with Crippen LogP contribution in [0, 0.1) is 0 Å². The molecular formula is C35H65NO7. The predicted octanol–water partition coefficient (Wildman–Crippen LogP) is 6.68. The number of carboxylic acids is 1. The summed E-state index contributed by atoms with van der Waals surface area (Å²) in [5.74, 6) is -1.75. The summed E-state index contributed by atoms with van der Waals surface area (Å²) in [5, 5.41) is 11.5. The van der Waals surface area contributed by atoms with Crippen molar-refractivity contribution in [2.24, 2.45) is 0 Å². The minimum absolute atomic E-state index is 0.0410. The molecule has 0 radical (unpaired) electrons. The van der Waals surface area contributed by atoms with Crippen LogP contribution in [0.3, 0.4) is 0 Å². The number of allylic oxidation sites excluding steroid dienone is 2. The van der Waals surface area contributed by atoms with Gasteiger partial charge in [0, 0.05) is 19.3 Å².